The molecule has 1 saturated carbocycles. The number of carbonyl (C=O) groups is 1. The van der Waals surface area contributed by atoms with Crippen molar-refractivity contribution in [2.75, 3.05) is 24.6 Å². The minimum atomic E-state index is -2.98. The average molecular weight is 383 g/mol. The van der Waals surface area contributed by atoms with Gasteiger partial charge < -0.3 is 4.90 Å². The normalized spacial score (nSPS) is 26.6. The molecule has 138 valence electrons. The van der Waals surface area contributed by atoms with Crippen LogP contribution in [0.4, 0.5) is 0 Å². The molecule has 1 aromatic rings. The molecular formula is C18H26N2O3S2. The summed E-state index contributed by atoms with van der Waals surface area (Å²) in [6.45, 7) is 2.18. The van der Waals surface area contributed by atoms with Gasteiger partial charge in [0, 0.05) is 30.1 Å². The van der Waals surface area contributed by atoms with Crippen LogP contribution in [0.15, 0.2) is 11.4 Å². The van der Waals surface area contributed by atoms with Crippen LogP contribution in [0.2, 0.25) is 0 Å². The SMILES string of the molecule is O=C(CN1CCc2sccc2C1)N(C1CCCC1)C1CCS(=O)(=O)C1. The molecule has 1 saturated heterocycles. The molecule has 3 aliphatic rings. The maximum Gasteiger partial charge on any atom is 0.237 e. The minimum Gasteiger partial charge on any atom is -0.335 e. The number of amides is 1. The first-order valence-corrected chi connectivity index (χ1v) is 12.0. The van der Waals surface area contributed by atoms with Crippen molar-refractivity contribution in [3.05, 3.63) is 21.9 Å². The van der Waals surface area contributed by atoms with Crippen molar-refractivity contribution < 1.29 is 13.2 Å². The van der Waals surface area contributed by atoms with Crippen molar-refractivity contribution in [1.29, 1.82) is 0 Å². The summed E-state index contributed by atoms with van der Waals surface area (Å²) in [7, 11) is -2.98. The Morgan fingerprint density at radius 2 is 2.04 bits per heavy atom. The summed E-state index contributed by atoms with van der Waals surface area (Å²) in [6.07, 6.45) is 5.97. The largest absolute Gasteiger partial charge is 0.335 e. The quantitative estimate of drug-likeness (QED) is 0.800. The van der Waals surface area contributed by atoms with Gasteiger partial charge in [0.25, 0.3) is 0 Å². The van der Waals surface area contributed by atoms with Crippen molar-refractivity contribution in [3.63, 3.8) is 0 Å². The van der Waals surface area contributed by atoms with E-state index in [0.717, 1.165) is 45.2 Å². The van der Waals surface area contributed by atoms with Crippen molar-refractivity contribution in [2.45, 2.75) is 57.2 Å². The van der Waals surface area contributed by atoms with Gasteiger partial charge >= 0.3 is 0 Å². The Balaban J connectivity index is 1.46. The summed E-state index contributed by atoms with van der Waals surface area (Å²) in [5.41, 5.74) is 1.35. The Morgan fingerprint density at radius 3 is 2.76 bits per heavy atom. The monoisotopic (exact) mass is 382 g/mol. The van der Waals surface area contributed by atoms with Crippen LogP contribution in [0.5, 0.6) is 0 Å². The zero-order valence-corrected chi connectivity index (χ0v) is 16.2. The fourth-order valence-electron chi connectivity index (χ4n) is 4.60. The number of hydrogen-bond donors (Lipinski definition) is 0. The van der Waals surface area contributed by atoms with Crippen molar-refractivity contribution in [1.82, 2.24) is 9.80 Å². The van der Waals surface area contributed by atoms with Crippen LogP contribution < -0.4 is 0 Å². The molecule has 0 N–H and O–H groups in total. The lowest BCUT2D eigenvalue weighted by Gasteiger charge is -2.36. The molecule has 5 nitrogen and oxygen atoms in total. The number of carbonyl (C=O) groups excluding carboxylic acids is 1. The van der Waals surface area contributed by atoms with E-state index in [9.17, 15) is 13.2 Å². The Morgan fingerprint density at radius 1 is 1.24 bits per heavy atom. The number of hydrogen-bond acceptors (Lipinski definition) is 5. The molecule has 1 amide bonds. The Kier molecular flexibility index (Phi) is 4.90. The third-order valence-electron chi connectivity index (χ3n) is 5.85. The van der Waals surface area contributed by atoms with Crippen LogP contribution in [0.25, 0.3) is 0 Å². The predicted octanol–water partition coefficient (Wildman–Crippen LogP) is 2.06. The van der Waals surface area contributed by atoms with Gasteiger partial charge in [-0.25, -0.2) is 8.42 Å². The van der Waals surface area contributed by atoms with Gasteiger partial charge in [-0.3, -0.25) is 9.69 Å². The third-order valence-corrected chi connectivity index (χ3v) is 8.63. The lowest BCUT2D eigenvalue weighted by atomic mass is 10.1. The Bertz CT molecular complexity index is 737. The van der Waals surface area contributed by atoms with Crippen LogP contribution in [0.1, 0.15) is 42.5 Å². The second-order valence-electron chi connectivity index (χ2n) is 7.63. The van der Waals surface area contributed by atoms with E-state index in [1.165, 1.54) is 10.4 Å². The number of fused-ring (bicyclic) bond motifs is 1. The first kappa shape index (κ1) is 17.5. The highest BCUT2D eigenvalue weighted by Crippen LogP contribution is 2.30. The number of thiophene rings is 1. The molecule has 2 fully saturated rings. The topological polar surface area (TPSA) is 57.7 Å². The molecule has 0 radical (unpaired) electrons. The molecular weight excluding hydrogens is 356 g/mol. The Hall–Kier alpha value is -0.920. The van der Waals surface area contributed by atoms with Crippen LogP contribution in [0, 0.1) is 0 Å². The molecule has 25 heavy (non-hydrogen) atoms. The fraction of sp³-hybridized carbons (Fsp3) is 0.722. The lowest BCUT2D eigenvalue weighted by molar-refractivity contribution is -0.137. The first-order valence-electron chi connectivity index (χ1n) is 9.31. The summed E-state index contributed by atoms with van der Waals surface area (Å²) in [5.74, 6) is 0.521. The van der Waals surface area contributed by atoms with Gasteiger partial charge in [0.2, 0.25) is 5.91 Å². The van der Waals surface area contributed by atoms with Gasteiger partial charge in [-0.15, -0.1) is 11.3 Å². The van der Waals surface area contributed by atoms with Gasteiger partial charge in [0.05, 0.1) is 18.1 Å². The van der Waals surface area contributed by atoms with Gasteiger partial charge in [-0.05, 0) is 42.7 Å². The highest BCUT2D eigenvalue weighted by Gasteiger charge is 2.39. The fourth-order valence-corrected chi connectivity index (χ4v) is 7.20. The highest BCUT2D eigenvalue weighted by atomic mass is 32.2. The van der Waals surface area contributed by atoms with E-state index in [0.29, 0.717) is 13.0 Å². The van der Waals surface area contributed by atoms with Gasteiger partial charge in [0.15, 0.2) is 9.84 Å². The van der Waals surface area contributed by atoms with E-state index in [2.05, 4.69) is 16.3 Å². The molecule has 1 unspecified atom stereocenters. The number of rotatable bonds is 4. The highest BCUT2D eigenvalue weighted by molar-refractivity contribution is 7.91. The molecule has 3 heterocycles. The van der Waals surface area contributed by atoms with Crippen LogP contribution in [-0.4, -0.2) is 60.8 Å². The first-order chi connectivity index (χ1) is 12.0. The van der Waals surface area contributed by atoms with E-state index >= 15 is 0 Å². The van der Waals surface area contributed by atoms with E-state index in [-0.39, 0.29) is 29.5 Å². The summed E-state index contributed by atoms with van der Waals surface area (Å²) in [4.78, 5) is 18.8. The maximum absolute atomic E-state index is 13.1. The van der Waals surface area contributed by atoms with Gasteiger partial charge in [0.1, 0.15) is 0 Å². The lowest BCUT2D eigenvalue weighted by Crippen LogP contribution is -2.51. The molecule has 0 aromatic carbocycles. The Labute approximate surface area is 153 Å². The molecule has 1 atom stereocenters. The summed E-state index contributed by atoms with van der Waals surface area (Å²) < 4.78 is 23.9. The smallest absolute Gasteiger partial charge is 0.237 e. The van der Waals surface area contributed by atoms with Gasteiger partial charge in [-0.1, -0.05) is 12.8 Å². The minimum absolute atomic E-state index is 0.109. The standard InChI is InChI=1S/C18H26N2O3S2/c21-18(12-19-8-5-17-14(11-19)6-9-24-17)20(15-3-1-2-4-15)16-7-10-25(22,23)13-16/h6,9,15-16H,1-5,7-8,10-13H2. The third kappa shape index (κ3) is 3.78. The molecule has 0 spiro atoms. The van der Waals surface area contributed by atoms with E-state index in [4.69, 9.17) is 0 Å². The summed E-state index contributed by atoms with van der Waals surface area (Å²) >= 11 is 1.80. The van der Waals surface area contributed by atoms with Crippen LogP contribution in [0.3, 0.4) is 0 Å². The summed E-state index contributed by atoms with van der Waals surface area (Å²) in [6, 6.07) is 2.30. The number of sulfone groups is 1. The van der Waals surface area contributed by atoms with E-state index in [1.54, 1.807) is 11.3 Å². The number of nitrogens with zero attached hydrogens (tertiary/aromatic N) is 2. The molecule has 4 rings (SSSR count). The van der Waals surface area contributed by atoms with Crippen molar-refractivity contribution >= 4 is 27.1 Å². The second-order valence-corrected chi connectivity index (χ2v) is 10.9. The van der Waals surface area contributed by atoms with Crippen LogP contribution in [-0.2, 0) is 27.6 Å². The molecule has 2 aliphatic heterocycles. The van der Waals surface area contributed by atoms with E-state index < -0.39 is 9.84 Å². The van der Waals surface area contributed by atoms with Crippen molar-refractivity contribution in [2.24, 2.45) is 0 Å². The molecule has 7 heteroatoms. The molecule has 0 bridgehead atoms. The van der Waals surface area contributed by atoms with Crippen LogP contribution >= 0.6 is 11.3 Å². The second kappa shape index (κ2) is 7.00. The van der Waals surface area contributed by atoms with Gasteiger partial charge in [-0.2, -0.15) is 0 Å². The average Bonchev–Trinajstić information content (AvgIpc) is 3.28. The maximum atomic E-state index is 13.1. The molecule has 1 aliphatic carbocycles. The zero-order chi connectivity index (χ0) is 17.4. The molecule has 1 aromatic heterocycles. The predicted molar refractivity (Wildman–Crippen MR) is 99.5 cm³/mol. The van der Waals surface area contributed by atoms with Crippen molar-refractivity contribution in [3.8, 4) is 0 Å². The summed E-state index contributed by atoms with van der Waals surface area (Å²) in [5, 5.41) is 2.13. The van der Waals surface area contributed by atoms with E-state index in [1.807, 2.05) is 4.90 Å². The zero-order valence-electron chi connectivity index (χ0n) is 14.5.